The van der Waals surface area contributed by atoms with Gasteiger partial charge in [0.1, 0.15) is 17.7 Å². The summed E-state index contributed by atoms with van der Waals surface area (Å²) in [6.45, 7) is 13.0. The molecule has 3 aliphatic heterocycles. The lowest BCUT2D eigenvalue weighted by molar-refractivity contribution is -0.165. The maximum Gasteiger partial charge on any atom is 0.313 e. The van der Waals surface area contributed by atoms with Gasteiger partial charge in [-0.1, -0.05) is 86.5 Å². The van der Waals surface area contributed by atoms with Crippen molar-refractivity contribution in [2.24, 2.45) is 17.8 Å². The summed E-state index contributed by atoms with van der Waals surface area (Å²) < 4.78 is 13.0. The predicted octanol–water partition coefficient (Wildman–Crippen LogP) is 5.74. The second-order valence-corrected chi connectivity index (χ2v) is 14.4. The van der Waals surface area contributed by atoms with Gasteiger partial charge >= 0.3 is 5.97 Å². The smallest absolute Gasteiger partial charge is 0.313 e. The van der Waals surface area contributed by atoms with Crippen molar-refractivity contribution in [1.82, 2.24) is 9.80 Å². The van der Waals surface area contributed by atoms with E-state index in [4.69, 9.17) is 21.1 Å². The summed E-state index contributed by atoms with van der Waals surface area (Å²) in [6, 6.07) is 13.8. The number of aliphatic hydroxyl groups excluding tert-OH is 1. The summed E-state index contributed by atoms with van der Waals surface area (Å²) in [5, 5.41) is 11.1. The highest BCUT2D eigenvalue weighted by molar-refractivity contribution is 6.34. The zero-order chi connectivity index (χ0) is 37.0. The third kappa shape index (κ3) is 6.98. The minimum atomic E-state index is -1.34. The number of aliphatic hydroxyl groups is 1. The minimum absolute atomic E-state index is 0.111. The summed E-state index contributed by atoms with van der Waals surface area (Å²) in [6.07, 6.45) is 4.00. The number of amides is 3. The number of likely N-dealkylation sites (N-methyl/N-ethyl adjacent to an activating group) is 1. The average Bonchev–Trinajstić information content (AvgIpc) is 3.79. The summed E-state index contributed by atoms with van der Waals surface area (Å²) in [5.74, 6) is -3.78. The molecule has 51 heavy (non-hydrogen) atoms. The highest BCUT2D eigenvalue weighted by Crippen LogP contribution is 2.60. The van der Waals surface area contributed by atoms with E-state index in [0.717, 1.165) is 0 Å². The molecular weight excluding hydrogens is 670 g/mol. The third-order valence-electron chi connectivity index (χ3n) is 11.2. The van der Waals surface area contributed by atoms with E-state index in [1.807, 2.05) is 51.1 Å². The van der Waals surface area contributed by atoms with Crippen LogP contribution in [0, 0.1) is 17.8 Å². The second-order valence-electron chi connectivity index (χ2n) is 14.0. The van der Waals surface area contributed by atoms with Crippen molar-refractivity contribution in [3.8, 4) is 0 Å². The maximum atomic E-state index is 14.9. The quantitative estimate of drug-likeness (QED) is 0.174. The molecule has 3 saturated heterocycles. The number of halogens is 1. The molecule has 2 bridgehead atoms. The van der Waals surface area contributed by atoms with Gasteiger partial charge in [0.15, 0.2) is 0 Å². The first kappa shape index (κ1) is 38.2. The van der Waals surface area contributed by atoms with Gasteiger partial charge < -0.3 is 29.3 Å². The zero-order valence-electron chi connectivity index (χ0n) is 29.9. The van der Waals surface area contributed by atoms with Crippen molar-refractivity contribution in [2.45, 2.75) is 88.8 Å². The maximum absolute atomic E-state index is 14.9. The molecule has 10 nitrogen and oxygen atoms in total. The number of esters is 1. The van der Waals surface area contributed by atoms with Crippen molar-refractivity contribution in [2.75, 3.05) is 25.1 Å². The number of likely N-dealkylation sites (tertiary alicyclic amines) is 1. The Morgan fingerprint density at radius 2 is 1.80 bits per heavy atom. The van der Waals surface area contributed by atoms with Gasteiger partial charge in [-0.15, -0.1) is 13.2 Å². The summed E-state index contributed by atoms with van der Waals surface area (Å²) >= 11 is 6.61. The number of ether oxygens (including phenoxy) is 2. The van der Waals surface area contributed by atoms with E-state index in [-0.39, 0.29) is 31.4 Å². The molecule has 0 saturated carbocycles. The van der Waals surface area contributed by atoms with Crippen LogP contribution in [0.25, 0.3) is 0 Å². The lowest BCUT2D eigenvalue weighted by atomic mass is 9.70. The molecule has 3 amide bonds. The largest absolute Gasteiger partial charge is 0.455 e. The normalized spacial score (nSPS) is 25.8. The van der Waals surface area contributed by atoms with Gasteiger partial charge in [-0.2, -0.15) is 0 Å². The van der Waals surface area contributed by atoms with Crippen LogP contribution in [-0.4, -0.2) is 88.6 Å². The summed E-state index contributed by atoms with van der Waals surface area (Å²) in [7, 11) is 1.68. The lowest BCUT2D eigenvalue weighted by Crippen LogP contribution is -2.60. The van der Waals surface area contributed by atoms with Gasteiger partial charge in [0.25, 0.3) is 5.91 Å². The predicted molar refractivity (Wildman–Crippen MR) is 196 cm³/mol. The van der Waals surface area contributed by atoms with Crippen LogP contribution in [0.3, 0.4) is 0 Å². The monoisotopic (exact) mass is 719 g/mol. The van der Waals surface area contributed by atoms with Crippen LogP contribution in [0.4, 0.5) is 5.69 Å². The number of carbonyl (C=O) groups is 4. The SMILES string of the molecule is C=CCCC(=O)N(C)[C@@H](C)[C@@H](OC(=O)[C@@H]1[C@H]2C(=O)N([C@@H](CO)[C@@H](C)CC)[C@H](C(=O)N(CC=C)c3ccccc3Cl)[C@]23CC[C@H]1O3)c1ccccc1. The number of para-hydroxylation sites is 1. The molecule has 5 rings (SSSR count). The van der Waals surface area contributed by atoms with Crippen molar-refractivity contribution < 1.29 is 33.8 Å². The number of benzene rings is 2. The van der Waals surface area contributed by atoms with Crippen LogP contribution >= 0.6 is 11.6 Å². The van der Waals surface area contributed by atoms with E-state index in [2.05, 4.69) is 13.2 Å². The molecule has 11 heteroatoms. The number of anilines is 1. The van der Waals surface area contributed by atoms with Gasteiger partial charge in [0, 0.05) is 20.0 Å². The first-order valence-corrected chi connectivity index (χ1v) is 18.2. The molecular formula is C40H50ClN3O7. The Kier molecular flexibility index (Phi) is 12.1. The molecule has 3 fully saturated rings. The van der Waals surface area contributed by atoms with E-state index in [9.17, 15) is 24.3 Å². The Morgan fingerprint density at radius 1 is 1.12 bits per heavy atom. The fraction of sp³-hybridized carbons (Fsp3) is 0.500. The molecule has 0 aliphatic carbocycles. The molecule has 3 aliphatic rings. The lowest BCUT2D eigenvalue weighted by Gasteiger charge is -2.41. The number of carbonyl (C=O) groups excluding carboxylic acids is 4. The second kappa shape index (κ2) is 16.1. The number of allylic oxidation sites excluding steroid dienone is 1. The highest BCUT2D eigenvalue weighted by Gasteiger charge is 2.76. The standard InChI is InChI=1S/C40H50ClN3O7/c1-7-10-20-32(46)42(6)26(5)35(27-16-12-11-13-17-27)50-39(49)33-31-21-22-40(51-31)34(33)37(47)44(30(24-45)25(4)9-3)36(40)38(48)43(23-8-2)29-19-15-14-18-28(29)41/h7-8,11-19,25-26,30-31,33-36,45H,1-2,9-10,20-24H2,3-6H3/t25-,26-,30-,31+,33-,34-,35+,36+,40-/m0/s1. The van der Waals surface area contributed by atoms with Crippen LogP contribution in [0.5, 0.6) is 0 Å². The highest BCUT2D eigenvalue weighted by atomic mass is 35.5. The molecule has 274 valence electrons. The van der Waals surface area contributed by atoms with E-state index >= 15 is 0 Å². The number of nitrogens with zero attached hydrogens (tertiary/aromatic N) is 3. The van der Waals surface area contributed by atoms with Crippen molar-refractivity contribution in [3.63, 3.8) is 0 Å². The Labute approximate surface area is 306 Å². The fourth-order valence-corrected chi connectivity index (χ4v) is 8.43. The van der Waals surface area contributed by atoms with Gasteiger partial charge in [-0.25, -0.2) is 0 Å². The van der Waals surface area contributed by atoms with E-state index in [1.54, 1.807) is 48.4 Å². The third-order valence-corrected chi connectivity index (χ3v) is 11.5. The van der Waals surface area contributed by atoms with Crippen molar-refractivity contribution in [1.29, 1.82) is 0 Å². The van der Waals surface area contributed by atoms with Crippen LogP contribution in [0.1, 0.15) is 64.5 Å². The van der Waals surface area contributed by atoms with Gasteiger partial charge in [0.2, 0.25) is 11.8 Å². The van der Waals surface area contributed by atoms with E-state index < -0.39 is 65.6 Å². The minimum Gasteiger partial charge on any atom is -0.455 e. The molecule has 2 aromatic rings. The summed E-state index contributed by atoms with van der Waals surface area (Å²) in [4.78, 5) is 61.9. The zero-order valence-corrected chi connectivity index (χ0v) is 30.7. The van der Waals surface area contributed by atoms with Gasteiger partial charge in [0.05, 0.1) is 47.3 Å². The van der Waals surface area contributed by atoms with Crippen LogP contribution in [-0.2, 0) is 28.7 Å². The number of hydrogen-bond donors (Lipinski definition) is 1. The molecule has 9 atom stereocenters. The summed E-state index contributed by atoms with van der Waals surface area (Å²) in [5.41, 5.74) is -0.185. The Hall–Kier alpha value is -3.99. The molecule has 0 radical (unpaired) electrons. The topological polar surface area (TPSA) is 117 Å². The van der Waals surface area contributed by atoms with E-state index in [0.29, 0.717) is 42.0 Å². The Bertz CT molecular complexity index is 1620. The molecule has 3 heterocycles. The van der Waals surface area contributed by atoms with Crippen LogP contribution < -0.4 is 4.90 Å². The van der Waals surface area contributed by atoms with Gasteiger partial charge in [-0.05, 0) is 49.8 Å². The molecule has 0 unspecified atom stereocenters. The first-order chi connectivity index (χ1) is 24.5. The first-order valence-electron chi connectivity index (χ1n) is 17.9. The number of rotatable bonds is 16. The number of hydrogen-bond acceptors (Lipinski definition) is 7. The number of fused-ring (bicyclic) bond motifs is 1. The van der Waals surface area contributed by atoms with Gasteiger partial charge in [-0.3, -0.25) is 19.2 Å². The Morgan fingerprint density at radius 3 is 2.43 bits per heavy atom. The molecule has 0 aromatic heterocycles. The van der Waals surface area contributed by atoms with E-state index in [1.165, 1.54) is 9.80 Å². The van der Waals surface area contributed by atoms with Crippen LogP contribution in [0.2, 0.25) is 5.02 Å². The fourth-order valence-electron chi connectivity index (χ4n) is 8.19. The van der Waals surface area contributed by atoms with Crippen molar-refractivity contribution in [3.05, 3.63) is 90.5 Å². The average molecular weight is 720 g/mol. The molecule has 2 aromatic carbocycles. The van der Waals surface area contributed by atoms with Crippen LogP contribution in [0.15, 0.2) is 79.9 Å². The Balaban J connectivity index is 1.55. The molecule has 1 N–H and O–H groups in total. The van der Waals surface area contributed by atoms with Crippen molar-refractivity contribution >= 4 is 41.0 Å². The molecule has 1 spiro atoms.